The maximum atomic E-state index is 8.78. The highest BCUT2D eigenvalue weighted by molar-refractivity contribution is 4.80. The predicted molar refractivity (Wildman–Crippen MR) is 50.9 cm³/mol. The lowest BCUT2D eigenvalue weighted by Crippen LogP contribution is -2.42. The Morgan fingerprint density at radius 3 is 2.50 bits per heavy atom. The minimum absolute atomic E-state index is 0.314. The van der Waals surface area contributed by atoms with Gasteiger partial charge < -0.3 is 10.4 Å². The van der Waals surface area contributed by atoms with Gasteiger partial charge in [-0.15, -0.1) is 0 Å². The van der Waals surface area contributed by atoms with E-state index in [1.54, 1.807) is 0 Å². The summed E-state index contributed by atoms with van der Waals surface area (Å²) in [5, 5.41) is 12.3. The fraction of sp³-hybridized carbons (Fsp3) is 0.900. The van der Waals surface area contributed by atoms with Crippen LogP contribution in [0.4, 0.5) is 0 Å². The fourth-order valence-corrected chi connectivity index (χ4v) is 1.97. The maximum Gasteiger partial charge on any atom is 0.0445 e. The van der Waals surface area contributed by atoms with Crippen molar-refractivity contribution in [2.45, 2.75) is 50.6 Å². The first kappa shape index (κ1) is 10.0. The molecule has 12 heavy (non-hydrogen) atoms. The topological polar surface area (TPSA) is 32.3 Å². The molecule has 0 bridgehead atoms. The van der Waals surface area contributed by atoms with Crippen molar-refractivity contribution >= 4 is 0 Å². The van der Waals surface area contributed by atoms with Crippen molar-refractivity contribution in [3.63, 3.8) is 0 Å². The lowest BCUT2D eigenvalue weighted by Gasteiger charge is -2.30. The highest BCUT2D eigenvalue weighted by atomic mass is 16.3. The van der Waals surface area contributed by atoms with Gasteiger partial charge in [0.2, 0.25) is 0 Å². The van der Waals surface area contributed by atoms with E-state index in [4.69, 9.17) is 5.11 Å². The maximum absolute atomic E-state index is 8.78. The van der Waals surface area contributed by atoms with Crippen molar-refractivity contribution in [3.05, 3.63) is 6.92 Å². The zero-order valence-electron chi connectivity index (χ0n) is 7.76. The smallest absolute Gasteiger partial charge is 0.0445 e. The van der Waals surface area contributed by atoms with Crippen molar-refractivity contribution in [1.82, 2.24) is 5.32 Å². The Bertz CT molecular complexity index is 100. The summed E-state index contributed by atoms with van der Waals surface area (Å²) in [5.74, 6) is 0. The van der Waals surface area contributed by atoms with Gasteiger partial charge in [-0.05, 0) is 25.7 Å². The van der Waals surface area contributed by atoms with Crippen LogP contribution < -0.4 is 5.32 Å². The highest BCUT2D eigenvalue weighted by Crippen LogP contribution is 2.17. The first-order valence-electron chi connectivity index (χ1n) is 5.03. The molecule has 2 N–H and O–H groups in total. The van der Waals surface area contributed by atoms with E-state index in [9.17, 15) is 0 Å². The molecule has 0 aromatic rings. The molecule has 1 rings (SSSR count). The summed E-state index contributed by atoms with van der Waals surface area (Å²) in [7, 11) is 0. The second kappa shape index (κ2) is 5.55. The van der Waals surface area contributed by atoms with Crippen LogP contribution in [0.5, 0.6) is 0 Å². The molecule has 1 aliphatic heterocycles. The van der Waals surface area contributed by atoms with E-state index in [2.05, 4.69) is 12.2 Å². The molecule has 2 atom stereocenters. The van der Waals surface area contributed by atoms with Gasteiger partial charge in [0.1, 0.15) is 0 Å². The molecule has 0 amide bonds. The Hall–Kier alpha value is -0.0800. The monoisotopic (exact) mass is 170 g/mol. The summed E-state index contributed by atoms with van der Waals surface area (Å²) >= 11 is 0. The van der Waals surface area contributed by atoms with Gasteiger partial charge >= 0.3 is 0 Å². The number of rotatable bonds is 4. The zero-order valence-corrected chi connectivity index (χ0v) is 7.76. The number of aliphatic hydroxyl groups excluding tert-OH is 1. The Balaban J connectivity index is 2.20. The Labute approximate surface area is 75.4 Å². The Morgan fingerprint density at radius 1 is 1.25 bits per heavy atom. The Kier molecular flexibility index (Phi) is 4.62. The molecule has 71 valence electrons. The molecule has 1 heterocycles. The van der Waals surface area contributed by atoms with E-state index < -0.39 is 0 Å². The molecule has 1 fully saturated rings. The van der Waals surface area contributed by atoms with Gasteiger partial charge in [-0.2, -0.15) is 0 Å². The third kappa shape index (κ3) is 3.11. The molecule has 1 radical (unpaired) electrons. The molecule has 2 heteroatoms. The molecular weight excluding hydrogens is 150 g/mol. The van der Waals surface area contributed by atoms with Crippen molar-refractivity contribution < 1.29 is 5.11 Å². The van der Waals surface area contributed by atoms with Crippen molar-refractivity contribution in [2.24, 2.45) is 0 Å². The summed E-state index contributed by atoms with van der Waals surface area (Å²) in [6, 6.07) is 1.22. The van der Waals surface area contributed by atoms with Gasteiger partial charge in [0.05, 0.1) is 0 Å². The van der Waals surface area contributed by atoms with Crippen LogP contribution in [0, 0.1) is 6.92 Å². The molecule has 2 nitrogen and oxygen atoms in total. The first-order valence-corrected chi connectivity index (χ1v) is 5.03. The highest BCUT2D eigenvalue weighted by Gasteiger charge is 2.19. The number of aliphatic hydroxyl groups is 1. The van der Waals surface area contributed by atoms with Crippen LogP contribution in [0.25, 0.3) is 0 Å². The Morgan fingerprint density at radius 2 is 1.92 bits per heavy atom. The van der Waals surface area contributed by atoms with E-state index >= 15 is 0 Å². The molecule has 0 aliphatic carbocycles. The van der Waals surface area contributed by atoms with Gasteiger partial charge in [0.15, 0.2) is 0 Å². The van der Waals surface area contributed by atoms with Crippen LogP contribution in [-0.2, 0) is 0 Å². The van der Waals surface area contributed by atoms with E-state index in [1.807, 2.05) is 0 Å². The number of nitrogens with one attached hydrogen (secondary N) is 1. The standard InChI is InChI=1S/C10H20NO/c1-2-4-9-5-3-6-10(11-9)7-8-12/h9-12H,1-8H2. The molecule has 1 aliphatic rings. The number of piperidine rings is 1. The molecule has 0 spiro atoms. The zero-order chi connectivity index (χ0) is 8.81. The summed E-state index contributed by atoms with van der Waals surface area (Å²) in [6.07, 6.45) is 6.94. The second-order valence-electron chi connectivity index (χ2n) is 3.65. The van der Waals surface area contributed by atoms with Crippen LogP contribution in [0.1, 0.15) is 38.5 Å². The largest absolute Gasteiger partial charge is 0.396 e. The quantitative estimate of drug-likeness (QED) is 0.670. The third-order valence-electron chi connectivity index (χ3n) is 2.61. The van der Waals surface area contributed by atoms with Gasteiger partial charge in [-0.3, -0.25) is 0 Å². The van der Waals surface area contributed by atoms with E-state index in [0.29, 0.717) is 18.7 Å². The molecular formula is C10H20NO. The summed E-state index contributed by atoms with van der Waals surface area (Å²) in [5.41, 5.74) is 0. The van der Waals surface area contributed by atoms with Crippen LogP contribution in [0.3, 0.4) is 0 Å². The minimum Gasteiger partial charge on any atom is -0.396 e. The van der Waals surface area contributed by atoms with Crippen LogP contribution in [0.2, 0.25) is 0 Å². The fourth-order valence-electron chi connectivity index (χ4n) is 1.97. The number of hydrogen-bond donors (Lipinski definition) is 2. The normalized spacial score (nSPS) is 30.5. The SMILES string of the molecule is [CH2]CCC1CCCC(CCO)N1. The average molecular weight is 170 g/mol. The second-order valence-corrected chi connectivity index (χ2v) is 3.65. The van der Waals surface area contributed by atoms with Crippen molar-refractivity contribution in [1.29, 1.82) is 0 Å². The van der Waals surface area contributed by atoms with E-state index in [-0.39, 0.29) is 0 Å². The summed E-state index contributed by atoms with van der Waals surface area (Å²) in [6.45, 7) is 4.18. The summed E-state index contributed by atoms with van der Waals surface area (Å²) in [4.78, 5) is 0. The van der Waals surface area contributed by atoms with Gasteiger partial charge in [-0.25, -0.2) is 0 Å². The summed E-state index contributed by atoms with van der Waals surface area (Å²) < 4.78 is 0. The van der Waals surface area contributed by atoms with Gasteiger partial charge in [0.25, 0.3) is 0 Å². The first-order chi connectivity index (χ1) is 5.86. The minimum atomic E-state index is 0.314. The van der Waals surface area contributed by atoms with E-state index in [1.165, 1.54) is 25.7 Å². The third-order valence-corrected chi connectivity index (χ3v) is 2.61. The number of hydrogen-bond acceptors (Lipinski definition) is 2. The van der Waals surface area contributed by atoms with Crippen LogP contribution in [0.15, 0.2) is 0 Å². The van der Waals surface area contributed by atoms with Gasteiger partial charge in [0, 0.05) is 18.7 Å². The lowest BCUT2D eigenvalue weighted by atomic mass is 9.94. The van der Waals surface area contributed by atoms with Crippen molar-refractivity contribution in [3.8, 4) is 0 Å². The average Bonchev–Trinajstić information content (AvgIpc) is 2.06. The molecule has 1 saturated heterocycles. The van der Waals surface area contributed by atoms with E-state index in [0.717, 1.165) is 12.8 Å². The molecule has 0 aromatic heterocycles. The lowest BCUT2D eigenvalue weighted by molar-refractivity contribution is 0.228. The molecule has 0 aromatic carbocycles. The predicted octanol–water partition coefficient (Wildman–Crippen LogP) is 1.49. The molecule has 0 saturated carbocycles. The molecule has 2 unspecified atom stereocenters. The van der Waals surface area contributed by atoms with Crippen LogP contribution >= 0.6 is 0 Å². The van der Waals surface area contributed by atoms with Gasteiger partial charge in [-0.1, -0.05) is 19.8 Å². The van der Waals surface area contributed by atoms with Crippen LogP contribution in [-0.4, -0.2) is 23.8 Å². The van der Waals surface area contributed by atoms with Crippen molar-refractivity contribution in [2.75, 3.05) is 6.61 Å².